The normalized spacial score (nSPS) is 11.8. The molecule has 0 bridgehead atoms. The van der Waals surface area contributed by atoms with Gasteiger partial charge in [-0.05, 0) is 72.8 Å². The molecule has 0 fully saturated rings. The third kappa shape index (κ3) is 4.06. The zero-order valence-corrected chi connectivity index (χ0v) is 25.4. The average molecular weight is 621 g/mol. The van der Waals surface area contributed by atoms with Crippen molar-refractivity contribution in [1.82, 2.24) is 15.0 Å². The maximum atomic E-state index is 9.38. The number of thiophene rings is 1. The Hall–Kier alpha value is -6.36. The minimum Gasteiger partial charge on any atom is -0.456 e. The van der Waals surface area contributed by atoms with Gasteiger partial charge in [0.25, 0.3) is 0 Å². The van der Waals surface area contributed by atoms with Gasteiger partial charge in [-0.15, -0.1) is 11.3 Å². The second-order valence-corrected chi connectivity index (χ2v) is 12.6. The minimum absolute atomic E-state index is 0.532. The number of nitriles is 1. The Balaban J connectivity index is 1.18. The van der Waals surface area contributed by atoms with E-state index in [1.54, 1.807) is 17.4 Å². The number of hydrogen-bond donors (Lipinski definition) is 0. The molecule has 0 spiro atoms. The molecule has 0 unspecified atom stereocenters. The molecule has 218 valence electrons. The molecule has 0 N–H and O–H groups in total. The second-order valence-electron chi connectivity index (χ2n) is 11.6. The molecule has 10 aromatic rings. The van der Waals surface area contributed by atoms with Crippen molar-refractivity contribution in [3.63, 3.8) is 0 Å². The third-order valence-electron chi connectivity index (χ3n) is 8.77. The van der Waals surface area contributed by atoms with Crippen molar-refractivity contribution in [3.05, 3.63) is 127 Å². The predicted octanol–water partition coefficient (Wildman–Crippen LogP) is 10.9. The summed E-state index contributed by atoms with van der Waals surface area (Å²) < 4.78 is 14.9. The lowest BCUT2D eigenvalue weighted by Crippen LogP contribution is -2.00. The summed E-state index contributed by atoms with van der Waals surface area (Å²) in [4.78, 5) is 15.1. The van der Waals surface area contributed by atoms with E-state index in [4.69, 9.17) is 23.8 Å². The van der Waals surface area contributed by atoms with Crippen molar-refractivity contribution in [2.75, 3.05) is 0 Å². The maximum absolute atomic E-state index is 9.38. The number of fused-ring (bicyclic) bond motifs is 9. The van der Waals surface area contributed by atoms with E-state index in [9.17, 15) is 5.26 Å². The van der Waals surface area contributed by atoms with Crippen molar-refractivity contribution < 1.29 is 8.83 Å². The molecule has 0 aliphatic rings. The average Bonchev–Trinajstić information content (AvgIpc) is 3.81. The number of aromatic nitrogens is 3. The molecule has 0 aliphatic heterocycles. The van der Waals surface area contributed by atoms with Gasteiger partial charge >= 0.3 is 0 Å². The molecule has 6 aromatic carbocycles. The topological polar surface area (TPSA) is 88.7 Å². The minimum atomic E-state index is 0.532. The molecule has 0 radical (unpaired) electrons. The fraction of sp³-hybridized carbons (Fsp3) is 0. The van der Waals surface area contributed by atoms with Crippen molar-refractivity contribution in [1.29, 1.82) is 5.26 Å². The van der Waals surface area contributed by atoms with E-state index in [1.807, 2.05) is 60.7 Å². The fourth-order valence-corrected chi connectivity index (χ4v) is 7.57. The second kappa shape index (κ2) is 9.82. The Morgan fingerprint density at radius 2 is 0.957 bits per heavy atom. The van der Waals surface area contributed by atoms with Gasteiger partial charge in [-0.3, -0.25) is 0 Å². The first-order chi connectivity index (χ1) is 23.2. The number of rotatable bonds is 3. The van der Waals surface area contributed by atoms with Gasteiger partial charge in [0.2, 0.25) is 0 Å². The third-order valence-corrected chi connectivity index (χ3v) is 9.92. The van der Waals surface area contributed by atoms with Gasteiger partial charge in [-0.1, -0.05) is 48.5 Å². The van der Waals surface area contributed by atoms with E-state index in [0.717, 1.165) is 49.4 Å². The summed E-state index contributed by atoms with van der Waals surface area (Å²) >= 11 is 1.78. The van der Waals surface area contributed by atoms with Crippen LogP contribution in [0.15, 0.2) is 130 Å². The van der Waals surface area contributed by atoms with Crippen molar-refractivity contribution >= 4 is 75.4 Å². The van der Waals surface area contributed by atoms with Crippen LogP contribution in [0, 0.1) is 11.3 Å². The Labute approximate surface area is 270 Å². The summed E-state index contributed by atoms with van der Waals surface area (Å²) in [5.41, 5.74) is 6.08. The van der Waals surface area contributed by atoms with Gasteiger partial charge in [0.05, 0.1) is 11.6 Å². The first-order valence-corrected chi connectivity index (χ1v) is 16.0. The SMILES string of the molecule is N#Cc1ccc2c(c1)oc1cc(-c3nc(-c4ccc5c(c4)oc4ccccc45)nc(-c4ccc5sc6ccccc6c5c4)n3)ccc12. The molecule has 0 atom stereocenters. The summed E-state index contributed by atoms with van der Waals surface area (Å²) in [7, 11) is 0. The molecule has 10 rings (SSSR count). The van der Waals surface area contributed by atoms with Crippen LogP contribution < -0.4 is 0 Å². The van der Waals surface area contributed by atoms with E-state index in [1.165, 1.54) is 20.2 Å². The van der Waals surface area contributed by atoms with Crippen LogP contribution in [0.4, 0.5) is 0 Å². The highest BCUT2D eigenvalue weighted by Gasteiger charge is 2.17. The standard InChI is InChI=1S/C40H20N4O2S/c41-21-22-9-13-27-29-15-11-25(20-35(29)46-33(27)17-22)40-43-38(23-12-16-37-31(18-23)30-6-2-4-8-36(30)47-37)42-39(44-40)24-10-14-28-26-5-1-3-7-32(26)45-34(28)19-24/h1-20H. The Morgan fingerprint density at radius 3 is 1.66 bits per heavy atom. The number of benzene rings is 6. The zero-order chi connectivity index (χ0) is 31.1. The van der Waals surface area contributed by atoms with Gasteiger partial charge in [0.1, 0.15) is 22.3 Å². The summed E-state index contributed by atoms with van der Waals surface area (Å²) in [5.74, 6) is 1.66. The van der Waals surface area contributed by atoms with Crippen LogP contribution in [0.5, 0.6) is 0 Å². The smallest absolute Gasteiger partial charge is 0.164 e. The van der Waals surface area contributed by atoms with Crippen LogP contribution in [-0.2, 0) is 0 Å². The number of furan rings is 2. The molecule has 4 aromatic heterocycles. The molecular formula is C40H20N4O2S. The molecule has 0 amide bonds. The van der Waals surface area contributed by atoms with Crippen LogP contribution in [0.3, 0.4) is 0 Å². The number of hydrogen-bond acceptors (Lipinski definition) is 7. The Morgan fingerprint density at radius 1 is 0.447 bits per heavy atom. The summed E-state index contributed by atoms with van der Waals surface area (Å²) in [6.45, 7) is 0. The van der Waals surface area contributed by atoms with Gasteiger partial charge < -0.3 is 8.83 Å². The van der Waals surface area contributed by atoms with Crippen LogP contribution in [-0.4, -0.2) is 15.0 Å². The molecule has 0 saturated heterocycles. The van der Waals surface area contributed by atoms with Crippen LogP contribution in [0.2, 0.25) is 0 Å². The molecular weight excluding hydrogens is 601 g/mol. The summed E-state index contributed by atoms with van der Waals surface area (Å²) in [5, 5.41) is 15.8. The largest absolute Gasteiger partial charge is 0.456 e. The lowest BCUT2D eigenvalue weighted by atomic mass is 10.1. The molecule has 7 heteroatoms. The van der Waals surface area contributed by atoms with E-state index >= 15 is 0 Å². The lowest BCUT2D eigenvalue weighted by Gasteiger charge is -2.09. The highest BCUT2D eigenvalue weighted by molar-refractivity contribution is 7.25. The van der Waals surface area contributed by atoms with Crippen LogP contribution in [0.25, 0.3) is 98.2 Å². The molecule has 47 heavy (non-hydrogen) atoms. The first-order valence-electron chi connectivity index (χ1n) is 15.1. The Bertz CT molecular complexity index is 2940. The summed E-state index contributed by atoms with van der Waals surface area (Å²) in [6, 6.07) is 42.7. The number of nitrogens with zero attached hydrogens (tertiary/aromatic N) is 4. The van der Waals surface area contributed by atoms with E-state index in [2.05, 4.69) is 60.7 Å². The molecule has 0 aliphatic carbocycles. The fourth-order valence-electron chi connectivity index (χ4n) is 6.48. The van der Waals surface area contributed by atoms with E-state index < -0.39 is 0 Å². The number of para-hydroxylation sites is 1. The van der Waals surface area contributed by atoms with Crippen LogP contribution in [0.1, 0.15) is 5.56 Å². The molecule has 0 saturated carbocycles. The van der Waals surface area contributed by atoms with E-state index in [0.29, 0.717) is 34.2 Å². The maximum Gasteiger partial charge on any atom is 0.164 e. The first kappa shape index (κ1) is 25.9. The van der Waals surface area contributed by atoms with Crippen molar-refractivity contribution in [2.24, 2.45) is 0 Å². The van der Waals surface area contributed by atoms with Crippen LogP contribution >= 0.6 is 11.3 Å². The highest BCUT2D eigenvalue weighted by Crippen LogP contribution is 2.38. The van der Waals surface area contributed by atoms with E-state index in [-0.39, 0.29) is 0 Å². The molecule has 6 nitrogen and oxygen atoms in total. The van der Waals surface area contributed by atoms with Crippen molar-refractivity contribution in [2.45, 2.75) is 0 Å². The Kier molecular flexibility index (Phi) is 5.41. The van der Waals surface area contributed by atoms with Crippen molar-refractivity contribution in [3.8, 4) is 40.2 Å². The van der Waals surface area contributed by atoms with Gasteiger partial charge in [-0.25, -0.2) is 15.0 Å². The highest BCUT2D eigenvalue weighted by atomic mass is 32.1. The van der Waals surface area contributed by atoms with Gasteiger partial charge in [0, 0.05) is 58.4 Å². The predicted molar refractivity (Wildman–Crippen MR) is 188 cm³/mol. The van der Waals surface area contributed by atoms with Gasteiger partial charge in [-0.2, -0.15) is 5.26 Å². The monoisotopic (exact) mass is 620 g/mol. The molecule has 4 heterocycles. The quantitative estimate of drug-likeness (QED) is 0.195. The summed E-state index contributed by atoms with van der Waals surface area (Å²) in [6.07, 6.45) is 0. The van der Waals surface area contributed by atoms with Gasteiger partial charge in [0.15, 0.2) is 17.5 Å². The zero-order valence-electron chi connectivity index (χ0n) is 24.6. The lowest BCUT2D eigenvalue weighted by molar-refractivity contribution is 0.668.